The molecule has 2 aromatic carbocycles. The number of nitrogens with one attached hydrogen (secondary N) is 2. The Hall–Kier alpha value is -4.94. The molecule has 268 valence electrons. The van der Waals surface area contributed by atoms with Crippen LogP contribution in [0.2, 0.25) is 0 Å². The highest BCUT2D eigenvalue weighted by Gasteiger charge is 2.41. The van der Waals surface area contributed by atoms with Gasteiger partial charge in [0.15, 0.2) is 0 Å². The van der Waals surface area contributed by atoms with Crippen molar-refractivity contribution in [3.63, 3.8) is 0 Å². The third-order valence-corrected chi connectivity index (χ3v) is 8.99. The summed E-state index contributed by atoms with van der Waals surface area (Å²) in [5.41, 5.74) is 1.70. The van der Waals surface area contributed by atoms with E-state index >= 15 is 0 Å². The van der Waals surface area contributed by atoms with Crippen molar-refractivity contribution in [3.05, 3.63) is 71.5 Å². The molecule has 0 saturated carbocycles. The molecule has 0 aliphatic carbocycles. The first kappa shape index (κ1) is 36.3. The highest BCUT2D eigenvalue weighted by Crippen LogP contribution is 2.25. The maximum absolute atomic E-state index is 14.2. The first-order valence-corrected chi connectivity index (χ1v) is 17.5. The van der Waals surface area contributed by atoms with Crippen molar-refractivity contribution in [1.29, 1.82) is 0 Å². The van der Waals surface area contributed by atoms with E-state index in [1.807, 2.05) is 52.0 Å². The Morgan fingerprint density at radius 3 is 2.48 bits per heavy atom. The minimum absolute atomic E-state index is 0.0795. The van der Waals surface area contributed by atoms with Gasteiger partial charge in [0.2, 0.25) is 17.7 Å². The van der Waals surface area contributed by atoms with Crippen molar-refractivity contribution in [2.75, 3.05) is 20.2 Å². The fourth-order valence-electron chi connectivity index (χ4n) is 6.45. The van der Waals surface area contributed by atoms with Gasteiger partial charge >= 0.3 is 0 Å². The summed E-state index contributed by atoms with van der Waals surface area (Å²) in [4.78, 5) is 58.8. The zero-order valence-corrected chi connectivity index (χ0v) is 29.6. The molecule has 13 nitrogen and oxygen atoms in total. The molecule has 4 bridgehead atoms. The molecule has 13 heteroatoms. The third-order valence-electron chi connectivity index (χ3n) is 8.99. The molecule has 4 amide bonds. The lowest BCUT2D eigenvalue weighted by Gasteiger charge is -2.35. The second-order valence-electron chi connectivity index (χ2n) is 13.9. The SMILES string of the molecule is CC(C)C[C@H]1NC(=O)c2ccccc2OCc2cn(nn2)CCOc2cccc(c2)CNC(=O)[C@H](CC(C)C)N(C)C(=O)[C@H]2CCCN2C1=O. The summed E-state index contributed by atoms with van der Waals surface area (Å²) in [7, 11) is 1.64. The van der Waals surface area contributed by atoms with Crippen molar-refractivity contribution >= 4 is 23.6 Å². The van der Waals surface area contributed by atoms with Crippen LogP contribution in [0.25, 0.3) is 0 Å². The Balaban J connectivity index is 1.45. The highest BCUT2D eigenvalue weighted by atomic mass is 16.5. The molecule has 1 fully saturated rings. The van der Waals surface area contributed by atoms with Crippen LogP contribution in [0.3, 0.4) is 0 Å². The van der Waals surface area contributed by atoms with Crippen molar-refractivity contribution < 1.29 is 28.7 Å². The van der Waals surface area contributed by atoms with Gasteiger partial charge in [0.25, 0.3) is 5.91 Å². The summed E-state index contributed by atoms with van der Waals surface area (Å²) < 4.78 is 13.7. The predicted molar refractivity (Wildman–Crippen MR) is 186 cm³/mol. The van der Waals surface area contributed by atoms with Gasteiger partial charge in [0, 0.05) is 20.1 Å². The fourth-order valence-corrected chi connectivity index (χ4v) is 6.45. The Kier molecular flexibility index (Phi) is 12.1. The summed E-state index contributed by atoms with van der Waals surface area (Å²) in [6.07, 6.45) is 3.71. The first-order chi connectivity index (χ1) is 24.0. The number of carbonyl (C=O) groups excluding carboxylic acids is 4. The van der Waals surface area contributed by atoms with E-state index in [0.29, 0.717) is 62.6 Å². The van der Waals surface area contributed by atoms with Crippen LogP contribution in [0, 0.1) is 11.8 Å². The molecule has 2 N–H and O–H groups in total. The van der Waals surface area contributed by atoms with Crippen molar-refractivity contribution in [3.8, 4) is 11.5 Å². The summed E-state index contributed by atoms with van der Waals surface area (Å²) in [5, 5.41) is 14.3. The van der Waals surface area contributed by atoms with E-state index in [-0.39, 0.29) is 48.3 Å². The number of aromatic nitrogens is 3. The molecule has 5 rings (SSSR count). The minimum atomic E-state index is -0.864. The number of rotatable bonds is 4. The minimum Gasteiger partial charge on any atom is -0.492 e. The second kappa shape index (κ2) is 16.6. The number of hydrogen-bond acceptors (Lipinski definition) is 8. The van der Waals surface area contributed by atoms with Gasteiger partial charge in [-0.2, -0.15) is 0 Å². The van der Waals surface area contributed by atoms with Crippen molar-refractivity contribution in [1.82, 2.24) is 35.4 Å². The van der Waals surface area contributed by atoms with Gasteiger partial charge in [-0.05, 0) is 67.3 Å². The number of ether oxygens (including phenoxy) is 2. The van der Waals surface area contributed by atoms with Gasteiger partial charge in [0.05, 0.1) is 18.3 Å². The standard InChI is InChI=1S/C37H49N7O6/c1-24(2)18-30-36(47)44-15-9-13-31(44)37(48)42(5)32(19-25(3)4)35(46)38-21-26-10-8-11-28(20-26)49-17-16-43-22-27(40-41-43)23-50-33-14-7-6-12-29(33)34(45)39-30/h6-8,10-12,14,20,22,24-25,30-32H,9,13,15-19,21,23H2,1-5H3,(H,38,46)(H,39,45)/t30-,31-,32+/m1/s1. The van der Waals surface area contributed by atoms with Gasteiger partial charge in [-0.25, -0.2) is 4.68 Å². The van der Waals surface area contributed by atoms with Crippen LogP contribution in [0.4, 0.5) is 0 Å². The number of fused-ring (bicyclic) bond motifs is 6. The fraction of sp³-hybridized carbons (Fsp3) is 0.514. The maximum atomic E-state index is 14.2. The first-order valence-electron chi connectivity index (χ1n) is 17.5. The Morgan fingerprint density at radius 1 is 0.920 bits per heavy atom. The van der Waals surface area contributed by atoms with Crippen molar-refractivity contribution in [2.45, 2.75) is 91.2 Å². The van der Waals surface area contributed by atoms with E-state index in [4.69, 9.17) is 9.47 Å². The van der Waals surface area contributed by atoms with E-state index in [1.165, 1.54) is 4.90 Å². The lowest BCUT2D eigenvalue weighted by molar-refractivity contribution is -0.148. The highest BCUT2D eigenvalue weighted by molar-refractivity contribution is 6.00. The summed E-state index contributed by atoms with van der Waals surface area (Å²) in [5.74, 6) is -0.126. The molecular weight excluding hydrogens is 638 g/mol. The van der Waals surface area contributed by atoms with Crippen LogP contribution in [-0.4, -0.2) is 86.7 Å². The van der Waals surface area contributed by atoms with Crippen LogP contribution in [0.5, 0.6) is 11.5 Å². The van der Waals surface area contributed by atoms with Crippen LogP contribution >= 0.6 is 0 Å². The zero-order valence-electron chi connectivity index (χ0n) is 29.6. The number of benzene rings is 2. The van der Waals surface area contributed by atoms with E-state index in [9.17, 15) is 19.2 Å². The number of hydrogen-bond donors (Lipinski definition) is 2. The summed E-state index contributed by atoms with van der Waals surface area (Å²) in [6, 6.07) is 12.0. The molecule has 3 aromatic rings. The van der Waals surface area contributed by atoms with Gasteiger partial charge in [-0.3, -0.25) is 19.2 Å². The zero-order chi connectivity index (χ0) is 35.8. The third kappa shape index (κ3) is 9.19. The van der Waals surface area contributed by atoms with Crippen LogP contribution in [0.15, 0.2) is 54.7 Å². The Morgan fingerprint density at radius 2 is 1.70 bits per heavy atom. The molecule has 3 heterocycles. The predicted octanol–water partition coefficient (Wildman–Crippen LogP) is 3.57. The largest absolute Gasteiger partial charge is 0.492 e. The maximum Gasteiger partial charge on any atom is 0.255 e. The number of nitrogens with zero attached hydrogens (tertiary/aromatic N) is 5. The molecule has 3 atom stereocenters. The van der Waals surface area contributed by atoms with Crippen LogP contribution in [-0.2, 0) is 34.1 Å². The van der Waals surface area contributed by atoms with Gasteiger partial charge in [0.1, 0.15) is 48.5 Å². The molecule has 1 saturated heterocycles. The molecule has 2 aliphatic rings. The van der Waals surface area contributed by atoms with E-state index in [1.54, 1.807) is 47.1 Å². The molecule has 0 spiro atoms. The smallest absolute Gasteiger partial charge is 0.255 e. The van der Waals surface area contributed by atoms with Gasteiger partial charge in [-0.15, -0.1) is 5.10 Å². The average Bonchev–Trinajstić information content (AvgIpc) is 3.77. The van der Waals surface area contributed by atoms with Crippen LogP contribution < -0.4 is 20.1 Å². The Labute approximate surface area is 293 Å². The number of para-hydroxylation sites is 1. The molecule has 50 heavy (non-hydrogen) atoms. The molecule has 0 unspecified atom stereocenters. The average molecular weight is 688 g/mol. The van der Waals surface area contributed by atoms with Gasteiger partial charge < -0.3 is 29.9 Å². The van der Waals surface area contributed by atoms with Crippen LogP contribution in [0.1, 0.15) is 75.0 Å². The van der Waals surface area contributed by atoms with E-state index in [0.717, 1.165) is 5.56 Å². The Bertz CT molecular complexity index is 1660. The topological polar surface area (TPSA) is 148 Å². The molecule has 0 radical (unpaired) electrons. The summed E-state index contributed by atoms with van der Waals surface area (Å²) in [6.45, 7) is 9.47. The van der Waals surface area contributed by atoms with E-state index in [2.05, 4.69) is 20.9 Å². The van der Waals surface area contributed by atoms with Gasteiger partial charge in [-0.1, -0.05) is 57.2 Å². The lowest BCUT2D eigenvalue weighted by Crippen LogP contribution is -2.57. The quantitative estimate of drug-likeness (QED) is 0.423. The normalized spacial score (nSPS) is 21.4. The monoisotopic (exact) mass is 687 g/mol. The lowest BCUT2D eigenvalue weighted by atomic mass is 10.00. The molecular formula is C37H49N7O6. The van der Waals surface area contributed by atoms with E-state index < -0.39 is 24.0 Å². The summed E-state index contributed by atoms with van der Waals surface area (Å²) >= 11 is 0. The number of amides is 4. The second-order valence-corrected chi connectivity index (χ2v) is 13.9. The number of likely N-dealkylation sites (N-methyl/N-ethyl adjacent to an activating group) is 1. The number of carbonyl (C=O) groups is 4. The molecule has 2 aliphatic heterocycles. The van der Waals surface area contributed by atoms with Crippen molar-refractivity contribution in [2.24, 2.45) is 11.8 Å². The molecule has 1 aromatic heterocycles.